The molecular formula is C19H17NO4. The number of methoxy groups -OCH3 is 1. The second-order valence-electron chi connectivity index (χ2n) is 7.20. The fourth-order valence-corrected chi connectivity index (χ4v) is 5.08. The van der Waals surface area contributed by atoms with Gasteiger partial charge < -0.3 is 4.74 Å². The minimum absolute atomic E-state index is 0.0829. The first-order valence-corrected chi connectivity index (χ1v) is 8.36. The number of anilines is 1. The molecule has 0 unspecified atom stereocenters. The van der Waals surface area contributed by atoms with E-state index < -0.39 is 5.97 Å². The summed E-state index contributed by atoms with van der Waals surface area (Å²) in [6.07, 6.45) is 5.48. The number of ether oxygens (including phenoxy) is 1. The van der Waals surface area contributed by atoms with E-state index in [1.165, 1.54) is 12.0 Å². The molecule has 3 fully saturated rings. The zero-order valence-corrected chi connectivity index (χ0v) is 13.2. The van der Waals surface area contributed by atoms with Crippen LogP contribution in [-0.2, 0) is 14.3 Å². The van der Waals surface area contributed by atoms with E-state index in [-0.39, 0.29) is 35.5 Å². The molecule has 4 aliphatic carbocycles. The quantitative estimate of drug-likeness (QED) is 0.475. The van der Waals surface area contributed by atoms with Crippen LogP contribution in [0.15, 0.2) is 36.4 Å². The van der Waals surface area contributed by atoms with Crippen LogP contribution in [0.4, 0.5) is 5.69 Å². The number of imide groups is 1. The Hall–Kier alpha value is -2.43. The van der Waals surface area contributed by atoms with Gasteiger partial charge >= 0.3 is 5.97 Å². The van der Waals surface area contributed by atoms with Crippen LogP contribution in [0.2, 0.25) is 0 Å². The smallest absolute Gasteiger partial charge is 0.337 e. The number of esters is 1. The molecule has 1 aliphatic heterocycles. The molecule has 6 atom stereocenters. The molecule has 5 nitrogen and oxygen atoms in total. The van der Waals surface area contributed by atoms with Gasteiger partial charge in [0.1, 0.15) is 0 Å². The van der Waals surface area contributed by atoms with Gasteiger partial charge in [-0.1, -0.05) is 12.2 Å². The van der Waals surface area contributed by atoms with E-state index in [2.05, 4.69) is 16.9 Å². The lowest BCUT2D eigenvalue weighted by atomic mass is 9.63. The summed E-state index contributed by atoms with van der Waals surface area (Å²) >= 11 is 0. The van der Waals surface area contributed by atoms with Crippen molar-refractivity contribution >= 4 is 23.5 Å². The second-order valence-corrected chi connectivity index (χ2v) is 7.20. The van der Waals surface area contributed by atoms with Crippen molar-refractivity contribution in [3.63, 3.8) is 0 Å². The van der Waals surface area contributed by atoms with Crippen LogP contribution in [0.1, 0.15) is 16.8 Å². The van der Waals surface area contributed by atoms with Crippen LogP contribution in [0, 0.1) is 35.5 Å². The molecule has 1 aromatic carbocycles. The number of hydrogen-bond donors (Lipinski definition) is 0. The standard InChI is InChI=1S/C19H17NO4/c1-24-19(23)9-2-4-10(5-3-9)20-17(21)15-11-6-7-12(14-8-13(11)14)16(15)18(20)22/h2-7,11-16H,8H2,1H3/t11-,12-,13-,14+,15+,16+/m0/s1. The lowest BCUT2D eigenvalue weighted by Crippen LogP contribution is -2.40. The minimum Gasteiger partial charge on any atom is -0.465 e. The van der Waals surface area contributed by atoms with Gasteiger partial charge in [-0.05, 0) is 54.4 Å². The fourth-order valence-electron chi connectivity index (χ4n) is 5.08. The van der Waals surface area contributed by atoms with Crippen LogP contribution in [0.5, 0.6) is 0 Å². The van der Waals surface area contributed by atoms with Crippen LogP contribution >= 0.6 is 0 Å². The summed E-state index contributed by atoms with van der Waals surface area (Å²) in [5, 5.41) is 0. The average molecular weight is 323 g/mol. The number of amides is 2. The van der Waals surface area contributed by atoms with Gasteiger partial charge in [0.05, 0.1) is 30.2 Å². The van der Waals surface area contributed by atoms with Crippen molar-refractivity contribution in [3.8, 4) is 0 Å². The largest absolute Gasteiger partial charge is 0.465 e. The summed E-state index contributed by atoms with van der Waals surface area (Å²) in [5.41, 5.74) is 0.945. The minimum atomic E-state index is -0.434. The first-order valence-electron chi connectivity index (χ1n) is 8.36. The predicted molar refractivity (Wildman–Crippen MR) is 85.0 cm³/mol. The lowest BCUT2D eigenvalue weighted by molar-refractivity contribution is -0.124. The summed E-state index contributed by atoms with van der Waals surface area (Å²) in [5.74, 6) is 0.645. The number of allylic oxidation sites excluding steroid dienone is 2. The highest BCUT2D eigenvalue weighted by atomic mass is 16.5. The van der Waals surface area contributed by atoms with Crippen molar-refractivity contribution in [2.45, 2.75) is 6.42 Å². The molecule has 0 aromatic heterocycles. The van der Waals surface area contributed by atoms with Crippen LogP contribution < -0.4 is 4.90 Å². The first-order chi connectivity index (χ1) is 11.6. The molecule has 0 N–H and O–H groups in total. The molecule has 1 saturated heterocycles. The van der Waals surface area contributed by atoms with E-state index in [0.29, 0.717) is 23.1 Å². The van der Waals surface area contributed by atoms with Crippen molar-refractivity contribution in [2.75, 3.05) is 12.0 Å². The summed E-state index contributed by atoms with van der Waals surface area (Å²) in [4.78, 5) is 38.8. The first kappa shape index (κ1) is 14.0. The van der Waals surface area contributed by atoms with Crippen molar-refractivity contribution in [1.82, 2.24) is 0 Å². The van der Waals surface area contributed by atoms with Gasteiger partial charge in [0, 0.05) is 0 Å². The molecule has 2 amide bonds. The van der Waals surface area contributed by atoms with Gasteiger partial charge in [0.25, 0.3) is 0 Å². The summed E-state index contributed by atoms with van der Waals surface area (Å²) in [7, 11) is 1.32. The van der Waals surface area contributed by atoms with Crippen LogP contribution in [0.25, 0.3) is 0 Å². The Morgan fingerprint density at radius 1 is 1.00 bits per heavy atom. The zero-order chi connectivity index (χ0) is 16.6. The topological polar surface area (TPSA) is 63.7 Å². The number of rotatable bonds is 2. The maximum Gasteiger partial charge on any atom is 0.337 e. The third-order valence-corrected chi connectivity index (χ3v) is 6.21. The SMILES string of the molecule is COC(=O)c1ccc(N2C(=O)[C@@H]3[C@H]4C=C[C@@H]([C@@H]5C[C@H]45)[C@H]3C2=O)cc1. The third-order valence-electron chi connectivity index (χ3n) is 6.21. The molecule has 122 valence electrons. The van der Waals surface area contributed by atoms with Crippen molar-refractivity contribution in [3.05, 3.63) is 42.0 Å². The highest BCUT2D eigenvalue weighted by Crippen LogP contribution is 2.65. The Balaban J connectivity index is 1.49. The molecule has 0 spiro atoms. The Morgan fingerprint density at radius 3 is 2.04 bits per heavy atom. The fraction of sp³-hybridized carbons (Fsp3) is 0.421. The van der Waals surface area contributed by atoms with E-state index >= 15 is 0 Å². The Bertz CT molecular complexity index is 760. The molecule has 5 aliphatic rings. The molecule has 6 rings (SSSR count). The number of nitrogens with zero attached hydrogens (tertiary/aromatic N) is 1. The van der Waals surface area contributed by atoms with Gasteiger partial charge in [-0.15, -0.1) is 0 Å². The van der Waals surface area contributed by atoms with E-state index in [0.717, 1.165) is 6.42 Å². The van der Waals surface area contributed by atoms with Crippen molar-refractivity contribution in [1.29, 1.82) is 0 Å². The van der Waals surface area contributed by atoms with Gasteiger partial charge in [0.2, 0.25) is 11.8 Å². The van der Waals surface area contributed by atoms with Crippen LogP contribution in [-0.4, -0.2) is 24.9 Å². The zero-order valence-electron chi connectivity index (χ0n) is 13.2. The molecule has 1 aromatic rings. The number of benzene rings is 1. The highest BCUT2D eigenvalue weighted by Gasteiger charge is 2.67. The predicted octanol–water partition coefficient (Wildman–Crippen LogP) is 2.03. The lowest BCUT2D eigenvalue weighted by Gasteiger charge is -2.37. The van der Waals surface area contributed by atoms with Gasteiger partial charge in [-0.25, -0.2) is 4.79 Å². The summed E-state index contributed by atoms with van der Waals surface area (Å²) in [6.45, 7) is 0. The van der Waals surface area contributed by atoms with Crippen molar-refractivity contribution < 1.29 is 19.1 Å². The summed E-state index contributed by atoms with van der Waals surface area (Å²) < 4.78 is 4.68. The Kier molecular flexibility index (Phi) is 2.65. The molecule has 0 radical (unpaired) electrons. The Morgan fingerprint density at radius 2 is 1.54 bits per heavy atom. The molecule has 2 saturated carbocycles. The van der Waals surface area contributed by atoms with E-state index in [1.807, 2.05) is 0 Å². The third kappa shape index (κ3) is 1.62. The average Bonchev–Trinajstić information content (AvgIpc) is 3.39. The van der Waals surface area contributed by atoms with E-state index in [1.54, 1.807) is 24.3 Å². The maximum absolute atomic E-state index is 13.0. The number of hydrogen-bond acceptors (Lipinski definition) is 4. The van der Waals surface area contributed by atoms with Gasteiger partial charge in [0.15, 0.2) is 0 Å². The molecule has 5 heteroatoms. The monoisotopic (exact) mass is 323 g/mol. The normalized spacial score (nSPS) is 38.1. The highest BCUT2D eigenvalue weighted by molar-refractivity contribution is 6.22. The molecule has 2 bridgehead atoms. The van der Waals surface area contributed by atoms with Crippen molar-refractivity contribution in [2.24, 2.45) is 35.5 Å². The van der Waals surface area contributed by atoms with Gasteiger partial charge in [-0.2, -0.15) is 0 Å². The van der Waals surface area contributed by atoms with Gasteiger partial charge in [-0.3, -0.25) is 14.5 Å². The Labute approximate surface area is 139 Å². The number of carbonyl (C=O) groups excluding carboxylic acids is 3. The van der Waals surface area contributed by atoms with Crippen LogP contribution in [0.3, 0.4) is 0 Å². The van der Waals surface area contributed by atoms with E-state index in [9.17, 15) is 14.4 Å². The van der Waals surface area contributed by atoms with E-state index in [4.69, 9.17) is 0 Å². The molecule has 24 heavy (non-hydrogen) atoms. The number of carbonyl (C=O) groups is 3. The molecule has 1 heterocycles. The summed E-state index contributed by atoms with van der Waals surface area (Å²) in [6, 6.07) is 6.48. The molecular weight excluding hydrogens is 306 g/mol. The maximum atomic E-state index is 13.0. The second kappa shape index (κ2) is 4.56.